The first-order chi connectivity index (χ1) is 6.07. The fourth-order valence-electron chi connectivity index (χ4n) is 0.842. The Morgan fingerprint density at radius 2 is 1.85 bits per heavy atom. The van der Waals surface area contributed by atoms with Crippen LogP contribution < -0.4 is 0 Å². The molecule has 0 amide bonds. The van der Waals surface area contributed by atoms with Crippen LogP contribution in [-0.4, -0.2) is 5.11 Å². The van der Waals surface area contributed by atoms with Crippen molar-refractivity contribution in [2.75, 3.05) is 0 Å². The smallest absolute Gasteiger partial charge is 0.194 e. The molecule has 0 unspecified atom stereocenters. The largest absolute Gasteiger partial charge is 0.376 e. The summed E-state index contributed by atoms with van der Waals surface area (Å²) in [4.78, 5) is 0. The zero-order valence-corrected chi connectivity index (χ0v) is 6.39. The summed E-state index contributed by atoms with van der Waals surface area (Å²) in [5, 5.41) is 8.96. The number of hydrogen-bond acceptors (Lipinski definition) is 1. The summed E-state index contributed by atoms with van der Waals surface area (Å²) < 4.78 is 37.8. The van der Waals surface area contributed by atoms with Crippen molar-refractivity contribution in [2.24, 2.45) is 0 Å². The van der Waals surface area contributed by atoms with Gasteiger partial charge in [0.25, 0.3) is 0 Å². The Kier molecular flexibility index (Phi) is 2.59. The maximum atomic E-state index is 12.8. The van der Waals surface area contributed by atoms with E-state index in [1.54, 1.807) is 5.92 Å². The van der Waals surface area contributed by atoms with Crippen LogP contribution >= 0.6 is 0 Å². The number of halogens is 3. The van der Waals surface area contributed by atoms with Crippen LogP contribution in [0.3, 0.4) is 0 Å². The molecule has 1 aromatic carbocycles. The molecule has 0 aliphatic rings. The van der Waals surface area contributed by atoms with Gasteiger partial charge in [0, 0.05) is 5.56 Å². The summed E-state index contributed by atoms with van der Waals surface area (Å²) >= 11 is 0. The fraction of sp³-hybridized carbons (Fsp3) is 0.111. The van der Waals surface area contributed by atoms with E-state index in [1.165, 1.54) is 0 Å². The molecule has 0 radical (unpaired) electrons. The number of aliphatic hydroxyl groups is 1. The van der Waals surface area contributed by atoms with Crippen LogP contribution in [-0.2, 0) is 0 Å². The maximum Gasteiger partial charge on any atom is 0.194 e. The number of rotatable bonds is 1. The summed E-state index contributed by atoms with van der Waals surface area (Å²) in [6.45, 7) is 0. The van der Waals surface area contributed by atoms with Gasteiger partial charge in [-0.3, -0.25) is 0 Å². The monoisotopic (exact) mass is 186 g/mol. The van der Waals surface area contributed by atoms with Crippen LogP contribution in [0.25, 0.3) is 0 Å². The van der Waals surface area contributed by atoms with Gasteiger partial charge in [0.05, 0.1) is 0 Å². The molecule has 4 heteroatoms. The highest BCUT2D eigenvalue weighted by atomic mass is 19.2. The average Bonchev–Trinajstić information content (AvgIpc) is 2.13. The van der Waals surface area contributed by atoms with Crippen molar-refractivity contribution in [1.82, 2.24) is 0 Å². The third-order valence-electron chi connectivity index (χ3n) is 1.52. The lowest BCUT2D eigenvalue weighted by Crippen LogP contribution is -2.02. The molecule has 0 fully saturated rings. The highest BCUT2D eigenvalue weighted by Gasteiger charge is 2.17. The Labute approximate surface area is 72.8 Å². The Morgan fingerprint density at radius 1 is 1.23 bits per heavy atom. The molecule has 0 saturated heterocycles. The second-order valence-electron chi connectivity index (χ2n) is 2.33. The van der Waals surface area contributed by atoms with Gasteiger partial charge in [0.15, 0.2) is 17.5 Å². The average molecular weight is 186 g/mol. The number of hydrogen-bond donors (Lipinski definition) is 1. The number of benzene rings is 1. The van der Waals surface area contributed by atoms with Crippen LogP contribution in [0.15, 0.2) is 12.1 Å². The highest BCUT2D eigenvalue weighted by molar-refractivity contribution is 5.26. The molecule has 1 aromatic rings. The van der Waals surface area contributed by atoms with Gasteiger partial charge in [-0.1, -0.05) is 5.92 Å². The van der Waals surface area contributed by atoms with Crippen LogP contribution in [0.4, 0.5) is 13.2 Å². The van der Waals surface area contributed by atoms with Crippen LogP contribution in [0.1, 0.15) is 11.7 Å². The summed E-state index contributed by atoms with van der Waals surface area (Å²) in [6.07, 6.45) is 3.22. The Balaban J connectivity index is 3.28. The molecule has 68 valence electrons. The van der Waals surface area contributed by atoms with Crippen LogP contribution in [0.5, 0.6) is 0 Å². The molecule has 0 bridgehead atoms. The first-order valence-corrected chi connectivity index (χ1v) is 3.35. The highest BCUT2D eigenvalue weighted by Crippen LogP contribution is 2.20. The molecule has 0 saturated carbocycles. The van der Waals surface area contributed by atoms with Crippen LogP contribution in [0, 0.1) is 29.8 Å². The van der Waals surface area contributed by atoms with E-state index in [0.29, 0.717) is 6.07 Å². The van der Waals surface area contributed by atoms with E-state index in [0.717, 1.165) is 6.07 Å². The topological polar surface area (TPSA) is 20.2 Å². The molecule has 0 aromatic heterocycles. The van der Waals surface area contributed by atoms with Crippen molar-refractivity contribution in [1.29, 1.82) is 0 Å². The third kappa shape index (κ3) is 1.65. The predicted octanol–water partition coefficient (Wildman–Crippen LogP) is 1.77. The van der Waals surface area contributed by atoms with Gasteiger partial charge in [0.2, 0.25) is 0 Å². The van der Waals surface area contributed by atoms with E-state index in [1.807, 2.05) is 0 Å². The van der Waals surface area contributed by atoms with Crippen molar-refractivity contribution in [2.45, 2.75) is 6.10 Å². The van der Waals surface area contributed by atoms with Gasteiger partial charge in [-0.05, 0) is 12.1 Å². The van der Waals surface area contributed by atoms with Crippen molar-refractivity contribution >= 4 is 0 Å². The Bertz CT molecular complexity index is 368. The molecular formula is C9H5F3O. The van der Waals surface area contributed by atoms with E-state index in [4.69, 9.17) is 11.5 Å². The van der Waals surface area contributed by atoms with Gasteiger partial charge >= 0.3 is 0 Å². The molecule has 0 aliphatic heterocycles. The lowest BCUT2D eigenvalue weighted by atomic mass is 10.1. The second kappa shape index (κ2) is 3.50. The number of terminal acetylenes is 1. The quantitative estimate of drug-likeness (QED) is 0.523. The first-order valence-electron chi connectivity index (χ1n) is 3.35. The lowest BCUT2D eigenvalue weighted by molar-refractivity contribution is 0.230. The van der Waals surface area contributed by atoms with Gasteiger partial charge in [0.1, 0.15) is 6.10 Å². The van der Waals surface area contributed by atoms with Crippen molar-refractivity contribution < 1.29 is 18.3 Å². The summed E-state index contributed by atoms with van der Waals surface area (Å²) in [6, 6.07) is 1.60. The second-order valence-corrected chi connectivity index (χ2v) is 2.33. The zero-order chi connectivity index (χ0) is 10.0. The molecule has 1 atom stereocenters. The van der Waals surface area contributed by atoms with Gasteiger partial charge < -0.3 is 5.11 Å². The SMILES string of the molecule is C#C[C@@H](O)c1ccc(F)c(F)c1F. The van der Waals surface area contributed by atoms with Crippen molar-refractivity contribution in [3.05, 3.63) is 35.1 Å². The standard InChI is InChI=1S/C9H5F3O/c1-2-7(13)5-3-4-6(10)9(12)8(5)11/h1,3-4,7,13H/t7-/m1/s1. The summed E-state index contributed by atoms with van der Waals surface area (Å²) in [5.41, 5.74) is -0.443. The number of aliphatic hydroxyl groups excluding tert-OH is 1. The van der Waals surface area contributed by atoms with E-state index >= 15 is 0 Å². The first kappa shape index (κ1) is 9.62. The summed E-state index contributed by atoms with van der Waals surface area (Å²) in [5.74, 6) is -2.61. The zero-order valence-electron chi connectivity index (χ0n) is 6.39. The molecular weight excluding hydrogens is 181 g/mol. The lowest BCUT2D eigenvalue weighted by Gasteiger charge is -2.05. The Hall–Kier alpha value is -1.47. The maximum absolute atomic E-state index is 12.8. The molecule has 0 aliphatic carbocycles. The predicted molar refractivity (Wildman–Crippen MR) is 40.1 cm³/mol. The van der Waals surface area contributed by atoms with Gasteiger partial charge in [-0.15, -0.1) is 6.42 Å². The van der Waals surface area contributed by atoms with Gasteiger partial charge in [-0.25, -0.2) is 13.2 Å². The molecule has 1 rings (SSSR count). The minimum atomic E-state index is -1.63. The fourth-order valence-corrected chi connectivity index (χ4v) is 0.842. The van der Waals surface area contributed by atoms with E-state index in [2.05, 4.69) is 0 Å². The summed E-state index contributed by atoms with van der Waals surface area (Å²) in [7, 11) is 0. The Morgan fingerprint density at radius 3 is 2.38 bits per heavy atom. The van der Waals surface area contributed by atoms with E-state index in [-0.39, 0.29) is 0 Å². The molecule has 13 heavy (non-hydrogen) atoms. The molecule has 0 heterocycles. The van der Waals surface area contributed by atoms with Crippen LogP contribution in [0.2, 0.25) is 0 Å². The molecule has 1 N–H and O–H groups in total. The third-order valence-corrected chi connectivity index (χ3v) is 1.52. The minimum absolute atomic E-state index is 0.443. The molecule has 1 nitrogen and oxygen atoms in total. The van der Waals surface area contributed by atoms with Crippen molar-refractivity contribution in [3.63, 3.8) is 0 Å². The van der Waals surface area contributed by atoms with E-state index in [9.17, 15) is 13.2 Å². The van der Waals surface area contributed by atoms with Crippen molar-refractivity contribution in [3.8, 4) is 12.3 Å². The minimum Gasteiger partial charge on any atom is -0.376 e. The normalized spacial score (nSPS) is 12.2. The van der Waals surface area contributed by atoms with E-state index < -0.39 is 29.1 Å². The van der Waals surface area contributed by atoms with Gasteiger partial charge in [-0.2, -0.15) is 0 Å². The molecule has 0 spiro atoms.